The van der Waals surface area contributed by atoms with Crippen LogP contribution in [0.5, 0.6) is 11.5 Å². The van der Waals surface area contributed by atoms with Crippen LogP contribution in [0.1, 0.15) is 29.6 Å². The van der Waals surface area contributed by atoms with Crippen LogP contribution >= 0.6 is 0 Å². The zero-order valence-electron chi connectivity index (χ0n) is 11.9. The monoisotopic (exact) mass is 279 g/mol. The molecule has 1 aromatic carbocycles. The van der Waals surface area contributed by atoms with Gasteiger partial charge in [-0.15, -0.1) is 0 Å². The number of nitrogens with one attached hydrogen (secondary N) is 1. The van der Waals surface area contributed by atoms with Gasteiger partial charge in [0.25, 0.3) is 5.91 Å². The number of hydrogen-bond acceptors (Lipinski definition) is 4. The van der Waals surface area contributed by atoms with Gasteiger partial charge >= 0.3 is 0 Å². The van der Waals surface area contributed by atoms with Crippen LogP contribution in [-0.4, -0.2) is 38.4 Å². The summed E-state index contributed by atoms with van der Waals surface area (Å²) in [6, 6.07) is 5.12. The van der Waals surface area contributed by atoms with Crippen molar-refractivity contribution in [1.29, 1.82) is 0 Å². The smallest absolute Gasteiger partial charge is 0.255 e. The Balaban J connectivity index is 2.02. The van der Waals surface area contributed by atoms with E-state index in [4.69, 9.17) is 14.6 Å². The van der Waals surface area contributed by atoms with E-state index in [9.17, 15) is 4.79 Å². The predicted molar refractivity (Wildman–Crippen MR) is 75.2 cm³/mol. The van der Waals surface area contributed by atoms with Crippen LogP contribution in [0.15, 0.2) is 18.2 Å². The standard InChI is InChI=1S/C15H21NO4/c1-19-11-3-4-12(13(9-11)20-2)14(18)16-10-15(5-6-15)7-8-17/h3-4,9,17H,5-8,10H2,1-2H3,(H,16,18). The highest BCUT2D eigenvalue weighted by molar-refractivity contribution is 5.97. The van der Waals surface area contributed by atoms with Gasteiger partial charge < -0.3 is 19.9 Å². The molecule has 0 radical (unpaired) electrons. The molecule has 1 aliphatic carbocycles. The van der Waals surface area contributed by atoms with E-state index >= 15 is 0 Å². The normalized spacial score (nSPS) is 15.6. The quantitative estimate of drug-likeness (QED) is 0.795. The van der Waals surface area contributed by atoms with Gasteiger partial charge in [-0.1, -0.05) is 0 Å². The molecule has 0 aromatic heterocycles. The van der Waals surface area contributed by atoms with Gasteiger partial charge in [-0.2, -0.15) is 0 Å². The third-order valence-corrected chi connectivity index (χ3v) is 3.88. The zero-order chi connectivity index (χ0) is 14.6. The number of aliphatic hydroxyl groups is 1. The van der Waals surface area contributed by atoms with Crippen LogP contribution in [0.25, 0.3) is 0 Å². The van der Waals surface area contributed by atoms with Crippen LogP contribution in [0.4, 0.5) is 0 Å². The highest BCUT2D eigenvalue weighted by Gasteiger charge is 2.42. The molecule has 1 amide bonds. The number of benzene rings is 1. The molecule has 0 spiro atoms. The van der Waals surface area contributed by atoms with E-state index in [1.165, 1.54) is 7.11 Å². The van der Waals surface area contributed by atoms with Gasteiger partial charge in [0.05, 0.1) is 19.8 Å². The minimum absolute atomic E-state index is 0.101. The SMILES string of the molecule is COc1ccc(C(=O)NCC2(CCO)CC2)c(OC)c1. The lowest BCUT2D eigenvalue weighted by Gasteiger charge is -2.16. The lowest BCUT2D eigenvalue weighted by atomic mass is 10.0. The van der Waals surface area contributed by atoms with Crippen molar-refractivity contribution in [2.75, 3.05) is 27.4 Å². The van der Waals surface area contributed by atoms with Crippen molar-refractivity contribution >= 4 is 5.91 Å². The van der Waals surface area contributed by atoms with Crippen molar-refractivity contribution in [2.24, 2.45) is 5.41 Å². The Morgan fingerprint density at radius 1 is 1.35 bits per heavy atom. The first-order valence-corrected chi connectivity index (χ1v) is 6.75. The second-order valence-corrected chi connectivity index (χ2v) is 5.22. The number of carbonyl (C=O) groups is 1. The fourth-order valence-corrected chi connectivity index (χ4v) is 2.28. The first-order valence-electron chi connectivity index (χ1n) is 6.75. The fourth-order valence-electron chi connectivity index (χ4n) is 2.28. The molecular weight excluding hydrogens is 258 g/mol. The lowest BCUT2D eigenvalue weighted by Crippen LogP contribution is -2.31. The average Bonchev–Trinajstić information content (AvgIpc) is 3.24. The van der Waals surface area contributed by atoms with Crippen molar-refractivity contribution < 1.29 is 19.4 Å². The molecule has 0 saturated heterocycles. The maximum atomic E-state index is 12.2. The summed E-state index contributed by atoms with van der Waals surface area (Å²) in [5.74, 6) is 0.986. The minimum atomic E-state index is -0.159. The molecule has 110 valence electrons. The Bertz CT molecular complexity index is 483. The summed E-state index contributed by atoms with van der Waals surface area (Å²) in [6.45, 7) is 0.767. The molecule has 20 heavy (non-hydrogen) atoms. The van der Waals surface area contributed by atoms with Crippen LogP contribution in [0.2, 0.25) is 0 Å². The van der Waals surface area contributed by atoms with E-state index < -0.39 is 0 Å². The van der Waals surface area contributed by atoms with E-state index in [2.05, 4.69) is 5.32 Å². The molecule has 0 atom stereocenters. The predicted octanol–water partition coefficient (Wildman–Crippen LogP) is 1.60. The van der Waals surface area contributed by atoms with Gasteiger partial charge in [-0.25, -0.2) is 0 Å². The summed E-state index contributed by atoms with van der Waals surface area (Å²) in [5, 5.41) is 11.9. The fraction of sp³-hybridized carbons (Fsp3) is 0.533. The number of amides is 1. The van der Waals surface area contributed by atoms with Crippen LogP contribution in [0.3, 0.4) is 0 Å². The molecule has 1 aromatic rings. The Labute approximate surface area is 118 Å². The Kier molecular flexibility index (Phi) is 4.49. The zero-order valence-corrected chi connectivity index (χ0v) is 11.9. The van der Waals surface area contributed by atoms with Crippen molar-refractivity contribution in [1.82, 2.24) is 5.32 Å². The molecule has 1 aliphatic rings. The topological polar surface area (TPSA) is 67.8 Å². The van der Waals surface area contributed by atoms with E-state index in [1.54, 1.807) is 25.3 Å². The van der Waals surface area contributed by atoms with Crippen LogP contribution in [-0.2, 0) is 0 Å². The Hall–Kier alpha value is -1.75. The van der Waals surface area contributed by atoms with Crippen molar-refractivity contribution in [2.45, 2.75) is 19.3 Å². The lowest BCUT2D eigenvalue weighted by molar-refractivity contribution is 0.0937. The van der Waals surface area contributed by atoms with E-state index in [1.807, 2.05) is 0 Å². The molecular formula is C15H21NO4. The number of hydrogen-bond donors (Lipinski definition) is 2. The molecule has 5 heteroatoms. The molecule has 1 saturated carbocycles. The summed E-state index contributed by atoms with van der Waals surface area (Å²) >= 11 is 0. The molecule has 2 rings (SSSR count). The van der Waals surface area contributed by atoms with Crippen LogP contribution in [0, 0.1) is 5.41 Å². The number of aliphatic hydroxyl groups excluding tert-OH is 1. The van der Waals surface area contributed by atoms with E-state index in [0.717, 1.165) is 19.3 Å². The second-order valence-electron chi connectivity index (χ2n) is 5.22. The molecule has 5 nitrogen and oxygen atoms in total. The number of rotatable bonds is 7. The molecule has 1 fully saturated rings. The van der Waals surface area contributed by atoms with Crippen molar-refractivity contribution in [3.05, 3.63) is 23.8 Å². The summed E-state index contributed by atoms with van der Waals surface area (Å²) in [4.78, 5) is 12.2. The van der Waals surface area contributed by atoms with Crippen LogP contribution < -0.4 is 14.8 Å². The van der Waals surface area contributed by atoms with Gasteiger partial charge in [0, 0.05) is 19.2 Å². The van der Waals surface area contributed by atoms with E-state index in [-0.39, 0.29) is 17.9 Å². The third kappa shape index (κ3) is 3.22. The van der Waals surface area contributed by atoms with Gasteiger partial charge in [0.2, 0.25) is 0 Å². The number of carbonyl (C=O) groups excluding carboxylic acids is 1. The highest BCUT2D eigenvalue weighted by Crippen LogP contribution is 2.47. The van der Waals surface area contributed by atoms with E-state index in [0.29, 0.717) is 23.6 Å². The summed E-state index contributed by atoms with van der Waals surface area (Å²) < 4.78 is 10.3. The summed E-state index contributed by atoms with van der Waals surface area (Å²) in [6.07, 6.45) is 2.87. The van der Waals surface area contributed by atoms with Gasteiger partial charge in [0.1, 0.15) is 11.5 Å². The average molecular weight is 279 g/mol. The molecule has 0 aliphatic heterocycles. The van der Waals surface area contributed by atoms with Gasteiger partial charge in [-0.3, -0.25) is 4.79 Å². The van der Waals surface area contributed by atoms with Crippen molar-refractivity contribution in [3.63, 3.8) is 0 Å². The maximum Gasteiger partial charge on any atom is 0.255 e. The first-order chi connectivity index (χ1) is 9.64. The number of methoxy groups -OCH3 is 2. The maximum absolute atomic E-state index is 12.2. The molecule has 0 bridgehead atoms. The third-order valence-electron chi connectivity index (χ3n) is 3.88. The second kappa shape index (κ2) is 6.13. The number of ether oxygens (including phenoxy) is 2. The highest BCUT2D eigenvalue weighted by atomic mass is 16.5. The van der Waals surface area contributed by atoms with Crippen molar-refractivity contribution in [3.8, 4) is 11.5 Å². The largest absolute Gasteiger partial charge is 0.497 e. The summed E-state index contributed by atoms with van der Waals surface area (Å²) in [7, 11) is 3.10. The Morgan fingerprint density at radius 2 is 2.10 bits per heavy atom. The van der Waals surface area contributed by atoms with Gasteiger partial charge in [-0.05, 0) is 36.8 Å². The molecule has 0 unspecified atom stereocenters. The Morgan fingerprint density at radius 3 is 2.65 bits per heavy atom. The summed E-state index contributed by atoms with van der Waals surface area (Å²) in [5.41, 5.74) is 0.595. The van der Waals surface area contributed by atoms with Gasteiger partial charge in [0.15, 0.2) is 0 Å². The molecule has 0 heterocycles. The molecule has 2 N–H and O–H groups in total. The minimum Gasteiger partial charge on any atom is -0.497 e. The first kappa shape index (κ1) is 14.7.